The van der Waals surface area contributed by atoms with Crippen LogP contribution in [-0.2, 0) is 4.74 Å². The lowest BCUT2D eigenvalue weighted by Crippen LogP contribution is -2.05. The third-order valence-corrected chi connectivity index (χ3v) is 5.39. The number of hydrogen-bond acceptors (Lipinski definition) is 4. The Balaban J connectivity index is 2.50. The van der Waals surface area contributed by atoms with Gasteiger partial charge in [-0.1, -0.05) is 17.7 Å². The van der Waals surface area contributed by atoms with Gasteiger partial charge in [-0.05, 0) is 53.0 Å². The van der Waals surface area contributed by atoms with Gasteiger partial charge in [0, 0.05) is 9.35 Å². The zero-order valence-electron chi connectivity index (χ0n) is 11.0. The van der Waals surface area contributed by atoms with Crippen LogP contribution in [0.25, 0.3) is 10.4 Å². The van der Waals surface area contributed by atoms with Gasteiger partial charge in [0.05, 0.1) is 17.3 Å². The first kappa shape index (κ1) is 15.4. The van der Waals surface area contributed by atoms with E-state index in [1.807, 2.05) is 19.1 Å². The largest absolute Gasteiger partial charge is 0.462 e. The molecular formula is C14H13BrClNO2S. The van der Waals surface area contributed by atoms with Crippen LogP contribution in [0.2, 0.25) is 5.02 Å². The second-order valence-corrected chi connectivity index (χ2v) is 6.43. The van der Waals surface area contributed by atoms with Crippen LogP contribution in [0.5, 0.6) is 0 Å². The summed E-state index contributed by atoms with van der Waals surface area (Å²) in [6, 6.07) is 5.62. The summed E-state index contributed by atoms with van der Waals surface area (Å²) in [5, 5.41) is 0.640. The number of benzene rings is 1. The molecule has 0 spiro atoms. The minimum absolute atomic E-state index is 0.330. The van der Waals surface area contributed by atoms with E-state index < -0.39 is 0 Å². The highest BCUT2D eigenvalue weighted by Crippen LogP contribution is 2.40. The highest BCUT2D eigenvalue weighted by atomic mass is 79.9. The highest BCUT2D eigenvalue weighted by molar-refractivity contribution is 9.10. The lowest BCUT2D eigenvalue weighted by Gasteiger charge is -2.02. The average molecular weight is 375 g/mol. The third kappa shape index (κ3) is 2.85. The molecule has 0 unspecified atom stereocenters. The fourth-order valence-corrected chi connectivity index (χ4v) is 3.40. The summed E-state index contributed by atoms with van der Waals surface area (Å²) in [6.45, 7) is 4.00. The van der Waals surface area contributed by atoms with Crippen LogP contribution in [0.3, 0.4) is 0 Å². The molecular weight excluding hydrogens is 362 g/mol. The van der Waals surface area contributed by atoms with Crippen LogP contribution in [0, 0.1) is 6.92 Å². The molecule has 0 saturated carbocycles. The number of carbonyl (C=O) groups excluding carboxylic acids is 1. The van der Waals surface area contributed by atoms with Crippen molar-refractivity contribution in [3.63, 3.8) is 0 Å². The summed E-state index contributed by atoms with van der Waals surface area (Å²) in [4.78, 5) is 13.3. The summed E-state index contributed by atoms with van der Waals surface area (Å²) in [7, 11) is 0. The van der Waals surface area contributed by atoms with E-state index in [0.717, 1.165) is 20.5 Å². The molecule has 0 atom stereocenters. The normalized spacial score (nSPS) is 10.6. The van der Waals surface area contributed by atoms with E-state index in [1.54, 1.807) is 13.0 Å². The van der Waals surface area contributed by atoms with Crippen molar-refractivity contribution >= 4 is 50.5 Å². The summed E-state index contributed by atoms with van der Waals surface area (Å²) >= 11 is 10.7. The molecule has 2 rings (SSSR count). The maximum atomic E-state index is 11.9. The predicted octanol–water partition coefficient (Wildman–Crippen LogP) is 4.90. The molecule has 0 radical (unpaired) electrons. The Morgan fingerprint density at radius 2 is 2.20 bits per heavy atom. The number of thiophene rings is 1. The van der Waals surface area contributed by atoms with Crippen LogP contribution in [0.1, 0.15) is 22.2 Å². The molecule has 1 aromatic heterocycles. The fraction of sp³-hybridized carbons (Fsp3) is 0.214. The summed E-state index contributed by atoms with van der Waals surface area (Å²) in [5.41, 5.74) is 8.34. The van der Waals surface area contributed by atoms with Crippen molar-refractivity contribution in [2.45, 2.75) is 13.8 Å². The zero-order chi connectivity index (χ0) is 14.9. The minimum atomic E-state index is -0.377. The van der Waals surface area contributed by atoms with E-state index in [4.69, 9.17) is 22.1 Å². The summed E-state index contributed by atoms with van der Waals surface area (Å²) in [5.74, 6) is -0.377. The Bertz CT molecular complexity index is 669. The van der Waals surface area contributed by atoms with Gasteiger partial charge in [-0.15, -0.1) is 11.3 Å². The van der Waals surface area contributed by atoms with Crippen molar-refractivity contribution in [1.82, 2.24) is 0 Å². The van der Waals surface area contributed by atoms with Gasteiger partial charge < -0.3 is 10.5 Å². The molecule has 2 aromatic rings. The van der Waals surface area contributed by atoms with Crippen LogP contribution in [0.15, 0.2) is 22.7 Å². The minimum Gasteiger partial charge on any atom is -0.462 e. The molecule has 0 aliphatic carbocycles. The second-order valence-electron chi connectivity index (χ2n) is 4.15. The maximum Gasteiger partial charge on any atom is 0.350 e. The number of nitrogen functional groups attached to an aromatic ring is 1. The van der Waals surface area contributed by atoms with Gasteiger partial charge in [-0.25, -0.2) is 4.79 Å². The number of carbonyl (C=O) groups is 1. The van der Waals surface area contributed by atoms with E-state index in [1.165, 1.54) is 11.3 Å². The molecule has 0 fully saturated rings. The maximum absolute atomic E-state index is 11.9. The van der Waals surface area contributed by atoms with Crippen LogP contribution in [-0.4, -0.2) is 12.6 Å². The van der Waals surface area contributed by atoms with Crippen molar-refractivity contribution in [3.05, 3.63) is 38.1 Å². The van der Waals surface area contributed by atoms with E-state index in [-0.39, 0.29) is 5.97 Å². The Morgan fingerprint density at radius 3 is 2.80 bits per heavy atom. The lowest BCUT2D eigenvalue weighted by atomic mass is 10.1. The van der Waals surface area contributed by atoms with E-state index in [0.29, 0.717) is 22.2 Å². The van der Waals surface area contributed by atoms with Gasteiger partial charge in [-0.3, -0.25) is 0 Å². The molecule has 0 amide bonds. The molecule has 0 bridgehead atoms. The number of hydrogen-bond donors (Lipinski definition) is 1. The Morgan fingerprint density at radius 1 is 1.50 bits per heavy atom. The highest BCUT2D eigenvalue weighted by Gasteiger charge is 2.20. The van der Waals surface area contributed by atoms with Crippen LogP contribution in [0.4, 0.5) is 5.69 Å². The number of esters is 1. The SMILES string of the molecule is CCOC(=O)c1sc(-c2ccc(Cl)c(Br)c2)c(C)c1N. The van der Waals surface area contributed by atoms with Crippen molar-refractivity contribution in [1.29, 1.82) is 0 Å². The third-order valence-electron chi connectivity index (χ3n) is 2.84. The van der Waals surface area contributed by atoms with Gasteiger partial charge in [0.2, 0.25) is 0 Å². The Hall–Kier alpha value is -1.04. The standard InChI is InChI=1S/C14H13BrClNO2S/c1-3-19-14(18)13-11(17)7(2)12(20-13)8-4-5-10(16)9(15)6-8/h4-6H,3,17H2,1-2H3. The zero-order valence-corrected chi connectivity index (χ0v) is 14.2. The number of rotatable bonds is 3. The molecule has 0 aliphatic rings. The summed E-state index contributed by atoms with van der Waals surface area (Å²) < 4.78 is 5.82. The second kappa shape index (κ2) is 6.16. The predicted molar refractivity (Wildman–Crippen MR) is 87.6 cm³/mol. The van der Waals surface area contributed by atoms with Gasteiger partial charge in [0.25, 0.3) is 0 Å². The first-order valence-corrected chi connectivity index (χ1v) is 7.95. The molecule has 1 heterocycles. The van der Waals surface area contributed by atoms with Crippen molar-refractivity contribution < 1.29 is 9.53 Å². The molecule has 20 heavy (non-hydrogen) atoms. The topological polar surface area (TPSA) is 52.3 Å². The van der Waals surface area contributed by atoms with Crippen molar-refractivity contribution in [3.8, 4) is 10.4 Å². The molecule has 3 nitrogen and oxygen atoms in total. The molecule has 2 N–H and O–H groups in total. The quantitative estimate of drug-likeness (QED) is 0.778. The number of nitrogens with two attached hydrogens (primary N) is 1. The molecule has 106 valence electrons. The Kier molecular flexibility index (Phi) is 4.73. The monoisotopic (exact) mass is 373 g/mol. The van der Waals surface area contributed by atoms with Crippen molar-refractivity contribution in [2.24, 2.45) is 0 Å². The first-order valence-electron chi connectivity index (χ1n) is 5.97. The van der Waals surface area contributed by atoms with Crippen LogP contribution < -0.4 is 5.73 Å². The van der Waals surface area contributed by atoms with Gasteiger partial charge in [0.1, 0.15) is 4.88 Å². The number of anilines is 1. The smallest absolute Gasteiger partial charge is 0.350 e. The van der Waals surface area contributed by atoms with Gasteiger partial charge in [0.15, 0.2) is 0 Å². The molecule has 0 saturated heterocycles. The average Bonchev–Trinajstić information content (AvgIpc) is 2.70. The van der Waals surface area contributed by atoms with Gasteiger partial charge >= 0.3 is 5.97 Å². The Labute approximate surface area is 134 Å². The molecule has 1 aromatic carbocycles. The fourth-order valence-electron chi connectivity index (χ4n) is 1.79. The van der Waals surface area contributed by atoms with E-state index in [9.17, 15) is 4.79 Å². The number of halogens is 2. The lowest BCUT2D eigenvalue weighted by molar-refractivity contribution is 0.0533. The van der Waals surface area contributed by atoms with Crippen molar-refractivity contribution in [2.75, 3.05) is 12.3 Å². The summed E-state index contributed by atoms with van der Waals surface area (Å²) in [6.07, 6.45) is 0. The van der Waals surface area contributed by atoms with Gasteiger partial charge in [-0.2, -0.15) is 0 Å². The van der Waals surface area contributed by atoms with Crippen LogP contribution >= 0.6 is 38.9 Å². The molecule has 0 aliphatic heterocycles. The van der Waals surface area contributed by atoms with E-state index >= 15 is 0 Å². The van der Waals surface area contributed by atoms with E-state index in [2.05, 4.69) is 15.9 Å². The first-order chi connectivity index (χ1) is 9.45. The number of ether oxygens (including phenoxy) is 1. The molecule has 6 heteroatoms.